The van der Waals surface area contributed by atoms with Gasteiger partial charge in [0.15, 0.2) is 21.1 Å². The largest absolute Gasteiger partial charge is 0.444 e. The molecule has 3 aromatic carbocycles. The SMILES string of the molecule is C[C@@H]1CN(C(=O)OC(C)(C)C)C[C@H](C)N1c1ccc(-c2cnc3c(Br)cnn3c2)cc1.C[C@@H]1CNC[C@H](C)N1c1ccc(-c2cnc3c(-c4cccc(S(=O)(=O)C5CC5)c4)cnn3c2)cc1. The number of aromatic nitrogens is 6. The van der Waals surface area contributed by atoms with E-state index in [0.29, 0.717) is 35.7 Å². The van der Waals surface area contributed by atoms with Crippen molar-refractivity contribution < 1.29 is 17.9 Å². The summed E-state index contributed by atoms with van der Waals surface area (Å²) in [4.78, 5) is 28.7. The number of hydrogen-bond acceptors (Lipinski definition) is 11. The molecule has 0 unspecified atom stereocenters. The minimum absolute atomic E-state index is 0.182. The molecule has 2 aliphatic heterocycles. The molecule has 344 valence electrons. The number of amides is 1. The molecule has 0 radical (unpaired) electrons. The Bertz CT molecular complexity index is 2960. The maximum atomic E-state index is 12.7. The number of ether oxygens (including phenoxy) is 1. The maximum Gasteiger partial charge on any atom is 0.410 e. The Hall–Kier alpha value is -5.84. The highest BCUT2D eigenvalue weighted by Gasteiger charge is 2.37. The van der Waals surface area contributed by atoms with Gasteiger partial charge in [-0.25, -0.2) is 32.2 Å². The van der Waals surface area contributed by atoms with Crippen molar-refractivity contribution in [1.82, 2.24) is 39.4 Å². The summed E-state index contributed by atoms with van der Waals surface area (Å²) in [6.07, 6.45) is 12.4. The number of nitrogens with zero attached hydrogens (tertiary/aromatic N) is 9. The predicted molar refractivity (Wildman–Crippen MR) is 264 cm³/mol. The first-order valence-electron chi connectivity index (χ1n) is 22.7. The van der Waals surface area contributed by atoms with Crippen molar-refractivity contribution >= 4 is 54.5 Å². The van der Waals surface area contributed by atoms with Crippen LogP contribution in [0, 0.1) is 0 Å². The number of halogens is 1. The van der Waals surface area contributed by atoms with E-state index >= 15 is 0 Å². The number of benzene rings is 3. The topological polar surface area (TPSA) is 143 Å². The molecule has 7 aromatic rings. The van der Waals surface area contributed by atoms with Gasteiger partial charge in [-0.1, -0.05) is 36.4 Å². The van der Waals surface area contributed by atoms with Crippen molar-refractivity contribution in [3.63, 3.8) is 0 Å². The summed E-state index contributed by atoms with van der Waals surface area (Å²) < 4.78 is 35.4. The van der Waals surface area contributed by atoms with E-state index < -0.39 is 15.4 Å². The Morgan fingerprint density at radius 3 is 1.77 bits per heavy atom. The van der Waals surface area contributed by atoms with Crippen LogP contribution in [0.3, 0.4) is 0 Å². The molecule has 66 heavy (non-hydrogen) atoms. The van der Waals surface area contributed by atoms with Crippen molar-refractivity contribution in [3.8, 4) is 33.4 Å². The molecule has 3 aliphatic rings. The van der Waals surface area contributed by atoms with Gasteiger partial charge in [0.05, 0.1) is 27.0 Å². The number of carbonyl (C=O) groups is 1. The number of hydrogen-bond donors (Lipinski definition) is 1. The second-order valence-electron chi connectivity index (χ2n) is 18.9. The normalized spacial score (nSPS) is 20.3. The Morgan fingerprint density at radius 2 is 1.21 bits per heavy atom. The second kappa shape index (κ2) is 18.1. The van der Waals surface area contributed by atoms with E-state index in [4.69, 9.17) is 9.72 Å². The lowest BCUT2D eigenvalue weighted by Crippen LogP contribution is -2.58. The van der Waals surface area contributed by atoms with Gasteiger partial charge >= 0.3 is 6.09 Å². The molecule has 14 nitrogen and oxygen atoms in total. The van der Waals surface area contributed by atoms with Gasteiger partial charge in [0.1, 0.15) is 5.60 Å². The lowest BCUT2D eigenvalue weighted by molar-refractivity contribution is 0.0193. The van der Waals surface area contributed by atoms with Crippen LogP contribution in [-0.2, 0) is 14.6 Å². The fourth-order valence-electron chi connectivity index (χ4n) is 9.23. The summed E-state index contributed by atoms with van der Waals surface area (Å²) >= 11 is 3.46. The van der Waals surface area contributed by atoms with Gasteiger partial charge in [-0.05, 0) is 130 Å². The summed E-state index contributed by atoms with van der Waals surface area (Å²) in [6.45, 7) is 17.7. The zero-order valence-electron chi connectivity index (χ0n) is 38.5. The summed E-state index contributed by atoms with van der Waals surface area (Å²) in [5, 5.41) is 12.1. The first kappa shape index (κ1) is 45.3. The molecule has 1 saturated carbocycles. The van der Waals surface area contributed by atoms with Crippen molar-refractivity contribution in [2.45, 2.75) is 101 Å². The first-order chi connectivity index (χ1) is 31.5. The minimum Gasteiger partial charge on any atom is -0.444 e. The molecule has 1 aliphatic carbocycles. The molecular weight excluding hydrogens is 917 g/mol. The van der Waals surface area contributed by atoms with Gasteiger partial charge in [-0.2, -0.15) is 10.2 Å². The third-order valence-electron chi connectivity index (χ3n) is 12.5. The van der Waals surface area contributed by atoms with Crippen molar-refractivity contribution in [2.75, 3.05) is 36.0 Å². The summed E-state index contributed by atoms with van der Waals surface area (Å²) in [6, 6.07) is 25.5. The third-order valence-corrected chi connectivity index (χ3v) is 15.3. The monoisotopic (exact) mass is 972 g/mol. The van der Waals surface area contributed by atoms with Crippen molar-refractivity contribution in [3.05, 3.63) is 114 Å². The van der Waals surface area contributed by atoms with Gasteiger partial charge in [0.2, 0.25) is 0 Å². The number of piperazine rings is 2. The molecule has 4 aromatic heterocycles. The number of sulfone groups is 1. The quantitative estimate of drug-likeness (QED) is 0.163. The fourth-order valence-corrected chi connectivity index (χ4v) is 11.3. The average Bonchev–Trinajstić information content (AvgIpc) is 3.98. The minimum atomic E-state index is -3.25. The lowest BCUT2D eigenvalue weighted by atomic mass is 10.0. The van der Waals surface area contributed by atoms with Gasteiger partial charge < -0.3 is 24.8 Å². The first-order valence-corrected chi connectivity index (χ1v) is 25.0. The highest BCUT2D eigenvalue weighted by molar-refractivity contribution is 9.10. The van der Waals surface area contributed by atoms with Crippen LogP contribution in [0.2, 0.25) is 0 Å². The van der Waals surface area contributed by atoms with E-state index in [9.17, 15) is 13.2 Å². The van der Waals surface area contributed by atoms with E-state index in [2.05, 4.69) is 122 Å². The Labute approximate surface area is 395 Å². The molecule has 0 spiro atoms. The standard InChI is InChI=1S/C27H29N5O2S.C23H28BrN5O2/c1-18-13-28-14-19(2)32(18)23-8-6-20(7-9-23)22-15-29-27-26(16-30-31(27)17-22)21-4-3-5-25(12-21)35(33,34)24-10-11-24;1-15-12-27(22(30)31-23(3,4)5)13-16(2)29(15)19-8-6-17(7-9-19)18-10-25-21-20(24)11-26-28(21)14-18/h3-9,12,15-19,24,28H,10-11,13-14H2,1-2H3;6-11,14-16H,12-13H2,1-5H3/t18-,19+;15-,16+. The van der Waals surface area contributed by atoms with Crippen molar-refractivity contribution in [1.29, 1.82) is 0 Å². The van der Waals surface area contributed by atoms with E-state index in [1.807, 2.05) is 56.5 Å². The van der Waals surface area contributed by atoms with E-state index in [0.717, 1.165) is 75.1 Å². The van der Waals surface area contributed by atoms with Crippen LogP contribution in [0.15, 0.2) is 119 Å². The Balaban J connectivity index is 0.000000167. The molecule has 2 saturated heterocycles. The fraction of sp³-hybridized carbons (Fsp3) is 0.380. The van der Waals surface area contributed by atoms with Crippen molar-refractivity contribution in [2.24, 2.45) is 0 Å². The molecule has 16 heteroatoms. The highest BCUT2D eigenvalue weighted by Crippen LogP contribution is 2.36. The highest BCUT2D eigenvalue weighted by atomic mass is 79.9. The zero-order valence-corrected chi connectivity index (χ0v) is 40.9. The van der Waals surface area contributed by atoms with Crippen LogP contribution in [-0.4, -0.2) is 110 Å². The molecular formula is C50H57BrN10O4S. The third kappa shape index (κ3) is 9.40. The average molecular weight is 974 g/mol. The van der Waals surface area contributed by atoms with Crippen LogP contribution >= 0.6 is 15.9 Å². The number of fused-ring (bicyclic) bond motifs is 2. The summed E-state index contributed by atoms with van der Waals surface area (Å²) in [7, 11) is -3.25. The number of anilines is 2. The molecule has 10 rings (SSSR count). The Morgan fingerprint density at radius 1 is 0.682 bits per heavy atom. The van der Waals surface area contributed by atoms with Crippen LogP contribution in [0.5, 0.6) is 0 Å². The van der Waals surface area contributed by atoms with Crippen LogP contribution in [0.1, 0.15) is 61.3 Å². The number of nitrogens with one attached hydrogen (secondary N) is 1. The molecule has 1 N–H and O–H groups in total. The summed E-state index contributed by atoms with van der Waals surface area (Å²) in [5.74, 6) is 0. The van der Waals surface area contributed by atoms with Crippen LogP contribution < -0.4 is 15.1 Å². The molecule has 4 atom stereocenters. The van der Waals surface area contributed by atoms with Crippen LogP contribution in [0.4, 0.5) is 16.2 Å². The molecule has 1 amide bonds. The predicted octanol–water partition coefficient (Wildman–Crippen LogP) is 9.18. The molecule has 0 bridgehead atoms. The van der Waals surface area contributed by atoms with Gasteiger partial charge in [-0.3, -0.25) is 0 Å². The van der Waals surface area contributed by atoms with E-state index in [1.165, 1.54) is 5.69 Å². The number of rotatable bonds is 7. The number of carbonyl (C=O) groups excluding carboxylic acids is 1. The van der Waals surface area contributed by atoms with E-state index in [1.54, 1.807) is 39.6 Å². The molecule has 3 fully saturated rings. The zero-order chi connectivity index (χ0) is 46.5. The van der Waals surface area contributed by atoms with E-state index in [-0.39, 0.29) is 23.4 Å². The van der Waals surface area contributed by atoms with Gasteiger partial charge in [0.25, 0.3) is 0 Å². The Kier molecular flexibility index (Phi) is 12.4. The van der Waals surface area contributed by atoms with Crippen LogP contribution in [0.25, 0.3) is 44.7 Å². The smallest absolute Gasteiger partial charge is 0.410 e. The van der Waals surface area contributed by atoms with Gasteiger partial charge in [-0.15, -0.1) is 0 Å². The maximum absolute atomic E-state index is 12.7. The lowest BCUT2D eigenvalue weighted by Gasteiger charge is -2.45. The summed E-state index contributed by atoms with van der Waals surface area (Å²) in [5.41, 5.74) is 9.16. The molecule has 6 heterocycles. The van der Waals surface area contributed by atoms with Gasteiger partial charge in [0, 0.05) is 103 Å². The second-order valence-corrected chi connectivity index (χ2v) is 22.0.